The smallest absolute Gasteiger partial charge is 0.305 e. The van der Waals surface area contributed by atoms with E-state index in [9.17, 15) is 9.59 Å². The van der Waals surface area contributed by atoms with Crippen LogP contribution in [0.1, 0.15) is 22.3 Å². The van der Waals surface area contributed by atoms with Gasteiger partial charge < -0.3 is 15.7 Å². The molecule has 1 amide bonds. The number of pyridine rings is 1. The number of hydrogen-bond donors (Lipinski definition) is 2. The van der Waals surface area contributed by atoms with E-state index in [1.54, 1.807) is 31.1 Å². The second-order valence-electron chi connectivity index (χ2n) is 3.76. The molecule has 3 N–H and O–H groups in total. The monoisotopic (exact) mass is 237 g/mol. The van der Waals surface area contributed by atoms with Gasteiger partial charge in [0.15, 0.2) is 0 Å². The van der Waals surface area contributed by atoms with Gasteiger partial charge >= 0.3 is 5.97 Å². The molecule has 1 aromatic heterocycles. The second-order valence-corrected chi connectivity index (χ2v) is 3.76. The lowest BCUT2D eigenvalue weighted by molar-refractivity contribution is -0.136. The molecule has 6 nitrogen and oxygen atoms in total. The molecule has 0 unspecified atom stereocenters. The van der Waals surface area contributed by atoms with Crippen molar-refractivity contribution in [3.63, 3.8) is 0 Å². The highest BCUT2D eigenvalue weighted by Gasteiger charge is 2.16. The van der Waals surface area contributed by atoms with Crippen LogP contribution in [0.15, 0.2) is 12.3 Å². The zero-order valence-electron chi connectivity index (χ0n) is 9.80. The summed E-state index contributed by atoms with van der Waals surface area (Å²) in [5, 5.41) is 8.60. The molecule has 1 rings (SSSR count). The van der Waals surface area contributed by atoms with E-state index in [0.717, 1.165) is 5.56 Å². The third-order valence-electron chi connectivity index (χ3n) is 2.41. The molecular formula is C11H15N3O3. The lowest BCUT2D eigenvalue weighted by atomic mass is 10.1. The number of nitrogens with zero attached hydrogens (tertiary/aromatic N) is 2. The number of carbonyl (C=O) groups is 2. The summed E-state index contributed by atoms with van der Waals surface area (Å²) in [5.74, 6) is -1.04. The molecule has 0 saturated heterocycles. The van der Waals surface area contributed by atoms with Gasteiger partial charge in [-0.15, -0.1) is 0 Å². The summed E-state index contributed by atoms with van der Waals surface area (Å²) >= 11 is 0. The van der Waals surface area contributed by atoms with Gasteiger partial charge in [-0.05, 0) is 18.6 Å². The van der Waals surface area contributed by atoms with Gasteiger partial charge in [0, 0.05) is 19.8 Å². The normalized spacial score (nSPS) is 10.0. The Labute approximate surface area is 99.1 Å². The molecule has 0 bridgehead atoms. The summed E-state index contributed by atoms with van der Waals surface area (Å²) in [6.07, 6.45) is 1.54. The number of carboxylic acids is 1. The molecule has 0 aliphatic carbocycles. The highest BCUT2D eigenvalue weighted by molar-refractivity contribution is 5.99. The van der Waals surface area contributed by atoms with E-state index in [-0.39, 0.29) is 13.0 Å². The van der Waals surface area contributed by atoms with Gasteiger partial charge in [-0.1, -0.05) is 0 Å². The molecule has 0 saturated carbocycles. The first-order chi connectivity index (χ1) is 7.93. The van der Waals surface area contributed by atoms with Gasteiger partial charge in [-0.3, -0.25) is 9.59 Å². The summed E-state index contributed by atoms with van der Waals surface area (Å²) in [6.45, 7) is 2.03. The number of aryl methyl sites for hydroxylation is 1. The Hall–Kier alpha value is -2.11. The fourth-order valence-corrected chi connectivity index (χ4v) is 1.51. The molecule has 0 aromatic carbocycles. The van der Waals surface area contributed by atoms with Crippen LogP contribution < -0.4 is 10.6 Å². The number of aliphatic carboxylic acids is 1. The van der Waals surface area contributed by atoms with Crippen molar-refractivity contribution in [1.82, 2.24) is 4.98 Å². The van der Waals surface area contributed by atoms with Crippen LogP contribution in [0.4, 0.5) is 5.82 Å². The quantitative estimate of drug-likeness (QED) is 0.772. The average Bonchev–Trinajstić information content (AvgIpc) is 2.24. The zero-order chi connectivity index (χ0) is 13.0. The molecule has 1 heterocycles. The highest BCUT2D eigenvalue weighted by Crippen LogP contribution is 2.19. The fourth-order valence-electron chi connectivity index (χ4n) is 1.51. The van der Waals surface area contributed by atoms with Crippen LogP contribution in [-0.2, 0) is 4.79 Å². The van der Waals surface area contributed by atoms with Crippen LogP contribution in [0.25, 0.3) is 0 Å². The van der Waals surface area contributed by atoms with Gasteiger partial charge in [0.05, 0.1) is 12.0 Å². The van der Waals surface area contributed by atoms with E-state index in [1.807, 2.05) is 0 Å². The molecular weight excluding hydrogens is 222 g/mol. The summed E-state index contributed by atoms with van der Waals surface area (Å²) in [4.78, 5) is 27.5. The Bertz CT molecular complexity index is 446. The highest BCUT2D eigenvalue weighted by atomic mass is 16.4. The van der Waals surface area contributed by atoms with Crippen molar-refractivity contribution in [2.75, 3.05) is 18.5 Å². The first kappa shape index (κ1) is 13.0. The Balaban J connectivity index is 3.00. The van der Waals surface area contributed by atoms with Crippen molar-refractivity contribution in [3.8, 4) is 0 Å². The molecule has 0 atom stereocenters. The molecule has 92 valence electrons. The van der Waals surface area contributed by atoms with Crippen LogP contribution in [0.3, 0.4) is 0 Å². The van der Waals surface area contributed by atoms with Crippen molar-refractivity contribution in [1.29, 1.82) is 0 Å². The van der Waals surface area contributed by atoms with E-state index in [1.165, 1.54) is 0 Å². The van der Waals surface area contributed by atoms with Crippen molar-refractivity contribution in [2.45, 2.75) is 13.3 Å². The Morgan fingerprint density at radius 3 is 2.71 bits per heavy atom. The van der Waals surface area contributed by atoms with Crippen molar-refractivity contribution >= 4 is 17.7 Å². The number of carbonyl (C=O) groups excluding carboxylic acids is 1. The van der Waals surface area contributed by atoms with Crippen LogP contribution in [0, 0.1) is 6.92 Å². The molecule has 0 aliphatic rings. The van der Waals surface area contributed by atoms with Crippen LogP contribution in [0.2, 0.25) is 0 Å². The van der Waals surface area contributed by atoms with Crippen LogP contribution in [0.5, 0.6) is 0 Å². The van der Waals surface area contributed by atoms with Gasteiger partial charge in [-0.2, -0.15) is 0 Å². The molecule has 0 aliphatic heterocycles. The predicted molar refractivity (Wildman–Crippen MR) is 63.0 cm³/mol. The number of primary amides is 1. The number of amides is 1. The lowest BCUT2D eigenvalue weighted by Crippen LogP contribution is -2.26. The maximum Gasteiger partial charge on any atom is 0.305 e. The molecule has 6 heteroatoms. The van der Waals surface area contributed by atoms with Gasteiger partial charge in [0.1, 0.15) is 5.82 Å². The predicted octanol–water partition coefficient (Wildman–Crippen LogP) is 0.400. The summed E-state index contributed by atoms with van der Waals surface area (Å²) < 4.78 is 0. The molecule has 17 heavy (non-hydrogen) atoms. The van der Waals surface area contributed by atoms with Gasteiger partial charge in [0.25, 0.3) is 5.91 Å². The summed E-state index contributed by atoms with van der Waals surface area (Å²) in [5.41, 5.74) is 6.35. The molecule has 0 fully saturated rings. The average molecular weight is 237 g/mol. The van der Waals surface area contributed by atoms with Crippen molar-refractivity contribution in [2.24, 2.45) is 5.73 Å². The number of hydrogen-bond acceptors (Lipinski definition) is 4. The van der Waals surface area contributed by atoms with Crippen LogP contribution in [-0.4, -0.2) is 35.6 Å². The summed E-state index contributed by atoms with van der Waals surface area (Å²) in [6, 6.07) is 1.69. The minimum Gasteiger partial charge on any atom is -0.481 e. The van der Waals surface area contributed by atoms with E-state index < -0.39 is 11.9 Å². The SMILES string of the molecule is Cc1ccnc(N(C)CCC(=O)O)c1C(N)=O. The maximum atomic E-state index is 11.3. The largest absolute Gasteiger partial charge is 0.481 e. The van der Waals surface area contributed by atoms with Gasteiger partial charge in [-0.25, -0.2) is 4.98 Å². The van der Waals surface area contributed by atoms with Gasteiger partial charge in [0.2, 0.25) is 0 Å². The first-order valence-electron chi connectivity index (χ1n) is 5.11. The number of anilines is 1. The molecule has 1 aromatic rings. The topological polar surface area (TPSA) is 96.5 Å². The van der Waals surface area contributed by atoms with Crippen molar-refractivity contribution in [3.05, 3.63) is 23.4 Å². The van der Waals surface area contributed by atoms with E-state index in [4.69, 9.17) is 10.8 Å². The van der Waals surface area contributed by atoms with E-state index in [0.29, 0.717) is 11.4 Å². The summed E-state index contributed by atoms with van der Waals surface area (Å²) in [7, 11) is 1.68. The lowest BCUT2D eigenvalue weighted by Gasteiger charge is -2.20. The van der Waals surface area contributed by atoms with Crippen molar-refractivity contribution < 1.29 is 14.7 Å². The standard InChI is InChI=1S/C11H15N3O3/c1-7-3-5-13-11(9(7)10(12)17)14(2)6-4-8(15)16/h3,5H,4,6H2,1-2H3,(H2,12,17)(H,15,16). The Morgan fingerprint density at radius 2 is 2.18 bits per heavy atom. The minimum atomic E-state index is -0.898. The fraction of sp³-hybridized carbons (Fsp3) is 0.364. The van der Waals surface area contributed by atoms with E-state index >= 15 is 0 Å². The molecule has 0 radical (unpaired) electrons. The maximum absolute atomic E-state index is 11.3. The number of carboxylic acid groups (broad SMARTS) is 1. The number of rotatable bonds is 5. The zero-order valence-corrected chi connectivity index (χ0v) is 9.80. The number of aromatic nitrogens is 1. The third kappa shape index (κ3) is 3.17. The first-order valence-corrected chi connectivity index (χ1v) is 5.11. The number of nitrogens with two attached hydrogens (primary N) is 1. The minimum absolute atomic E-state index is 0.0235. The third-order valence-corrected chi connectivity index (χ3v) is 2.41. The Morgan fingerprint density at radius 1 is 1.53 bits per heavy atom. The second kappa shape index (κ2) is 5.29. The van der Waals surface area contributed by atoms with E-state index in [2.05, 4.69) is 4.98 Å². The Kier molecular flexibility index (Phi) is 4.03. The molecule has 0 spiro atoms. The van der Waals surface area contributed by atoms with Crippen LogP contribution >= 0.6 is 0 Å².